The molecule has 12 heavy (non-hydrogen) atoms. The van der Waals surface area contributed by atoms with Crippen molar-refractivity contribution in [3.05, 3.63) is 23.3 Å². The van der Waals surface area contributed by atoms with Crippen LogP contribution in [0.15, 0.2) is 23.3 Å². The highest BCUT2D eigenvalue weighted by molar-refractivity contribution is 5.24. The van der Waals surface area contributed by atoms with Crippen LogP contribution >= 0.6 is 0 Å². The maximum Gasteiger partial charge on any atom is -0.00215 e. The lowest BCUT2D eigenvalue weighted by Crippen LogP contribution is -1.99. The van der Waals surface area contributed by atoms with Gasteiger partial charge in [-0.1, -0.05) is 30.2 Å². The van der Waals surface area contributed by atoms with Crippen molar-refractivity contribution in [2.75, 3.05) is 0 Å². The maximum atomic E-state index is 2.46. The predicted octanol–water partition coefficient (Wildman–Crippen LogP) is 3.84. The minimum absolute atomic E-state index is 0.773. The first-order chi connectivity index (χ1) is 5.88. The molecule has 0 aromatic rings. The third-order valence-corrected chi connectivity index (χ3v) is 3.26. The zero-order chi connectivity index (χ0) is 8.39. The smallest absolute Gasteiger partial charge is 0.00215 e. The van der Waals surface area contributed by atoms with E-state index in [9.17, 15) is 0 Å². The number of hydrogen-bond donors (Lipinski definition) is 0. The van der Waals surface area contributed by atoms with Crippen molar-refractivity contribution in [2.24, 2.45) is 5.92 Å². The second-order valence-electron chi connectivity index (χ2n) is 4.06. The van der Waals surface area contributed by atoms with Crippen LogP contribution in [0.3, 0.4) is 0 Å². The van der Waals surface area contributed by atoms with E-state index in [1.807, 2.05) is 0 Å². The molecule has 0 saturated heterocycles. The van der Waals surface area contributed by atoms with Gasteiger partial charge in [0, 0.05) is 0 Å². The normalized spacial score (nSPS) is 23.2. The molecule has 0 amide bonds. The lowest BCUT2D eigenvalue weighted by molar-refractivity contribution is 0.719. The Hall–Kier alpha value is -0.520. The van der Waals surface area contributed by atoms with E-state index < -0.39 is 0 Å². The lowest BCUT2D eigenvalue weighted by Gasteiger charge is -2.14. The standard InChI is InChI=1S/C12H18/c1-10(11-6-2-3-7-11)12-8-4-5-9-12/h6,8,10H,2-5,7,9H2,1H3. The van der Waals surface area contributed by atoms with Gasteiger partial charge in [0.25, 0.3) is 0 Å². The van der Waals surface area contributed by atoms with Crippen molar-refractivity contribution >= 4 is 0 Å². The van der Waals surface area contributed by atoms with Crippen molar-refractivity contribution < 1.29 is 0 Å². The quantitative estimate of drug-likeness (QED) is 0.541. The van der Waals surface area contributed by atoms with Crippen LogP contribution in [0.2, 0.25) is 0 Å². The molecular formula is C12H18. The molecule has 0 bridgehead atoms. The molecule has 0 heterocycles. The summed E-state index contributed by atoms with van der Waals surface area (Å²) in [6.07, 6.45) is 13.1. The molecule has 2 rings (SSSR count). The van der Waals surface area contributed by atoms with Gasteiger partial charge in [-0.2, -0.15) is 0 Å². The Balaban J connectivity index is 2.03. The molecule has 0 aromatic heterocycles. The highest BCUT2D eigenvalue weighted by Crippen LogP contribution is 2.34. The molecule has 0 fully saturated rings. The van der Waals surface area contributed by atoms with Gasteiger partial charge in [-0.3, -0.25) is 0 Å². The SMILES string of the molecule is CC(C1=CCCC1)C1=CCCC1. The van der Waals surface area contributed by atoms with Crippen molar-refractivity contribution in [3.8, 4) is 0 Å². The Morgan fingerprint density at radius 2 is 1.50 bits per heavy atom. The third kappa shape index (κ3) is 1.48. The fourth-order valence-corrected chi connectivity index (χ4v) is 2.42. The molecule has 66 valence electrons. The van der Waals surface area contributed by atoms with Gasteiger partial charge < -0.3 is 0 Å². The van der Waals surface area contributed by atoms with Gasteiger partial charge in [-0.15, -0.1) is 0 Å². The molecule has 0 saturated carbocycles. The van der Waals surface area contributed by atoms with Crippen molar-refractivity contribution in [2.45, 2.75) is 45.4 Å². The Morgan fingerprint density at radius 1 is 1.00 bits per heavy atom. The Kier molecular flexibility index (Phi) is 2.34. The van der Waals surface area contributed by atoms with E-state index in [-0.39, 0.29) is 0 Å². The van der Waals surface area contributed by atoms with Crippen LogP contribution in [0.1, 0.15) is 45.4 Å². The van der Waals surface area contributed by atoms with E-state index >= 15 is 0 Å². The third-order valence-electron chi connectivity index (χ3n) is 3.26. The summed E-state index contributed by atoms with van der Waals surface area (Å²) in [5.74, 6) is 0.773. The van der Waals surface area contributed by atoms with Gasteiger partial charge >= 0.3 is 0 Å². The summed E-state index contributed by atoms with van der Waals surface area (Å²) in [7, 11) is 0. The first-order valence-electron chi connectivity index (χ1n) is 5.26. The summed E-state index contributed by atoms with van der Waals surface area (Å²) in [5.41, 5.74) is 3.42. The predicted molar refractivity (Wildman–Crippen MR) is 53.0 cm³/mol. The molecule has 0 radical (unpaired) electrons. The van der Waals surface area contributed by atoms with Gasteiger partial charge in [0.15, 0.2) is 0 Å². The van der Waals surface area contributed by atoms with Crippen LogP contribution in [0.4, 0.5) is 0 Å². The molecule has 0 heteroatoms. The van der Waals surface area contributed by atoms with E-state index in [1.54, 1.807) is 11.1 Å². The highest BCUT2D eigenvalue weighted by Gasteiger charge is 2.17. The zero-order valence-electron chi connectivity index (χ0n) is 7.97. The topological polar surface area (TPSA) is 0 Å². The molecule has 2 aliphatic rings. The molecule has 0 unspecified atom stereocenters. The first-order valence-corrected chi connectivity index (χ1v) is 5.26. The van der Waals surface area contributed by atoms with Crippen LogP contribution in [-0.4, -0.2) is 0 Å². The number of rotatable bonds is 2. The fraction of sp³-hybridized carbons (Fsp3) is 0.667. The van der Waals surface area contributed by atoms with Crippen molar-refractivity contribution in [1.29, 1.82) is 0 Å². The molecule has 2 aliphatic carbocycles. The van der Waals surface area contributed by atoms with Crippen LogP contribution in [0.25, 0.3) is 0 Å². The van der Waals surface area contributed by atoms with E-state index in [0.29, 0.717) is 0 Å². The first kappa shape index (κ1) is 8.10. The molecule has 0 atom stereocenters. The number of allylic oxidation sites excluding steroid dienone is 4. The Labute approximate surface area is 75.4 Å². The fourth-order valence-electron chi connectivity index (χ4n) is 2.42. The van der Waals surface area contributed by atoms with Gasteiger partial charge in [0.1, 0.15) is 0 Å². The van der Waals surface area contributed by atoms with E-state index in [2.05, 4.69) is 19.1 Å². The van der Waals surface area contributed by atoms with Gasteiger partial charge in [0.05, 0.1) is 0 Å². The summed E-state index contributed by atoms with van der Waals surface area (Å²) in [6, 6.07) is 0. The Bertz CT molecular complexity index is 196. The highest BCUT2D eigenvalue weighted by atomic mass is 14.2. The zero-order valence-corrected chi connectivity index (χ0v) is 7.97. The second-order valence-corrected chi connectivity index (χ2v) is 4.06. The van der Waals surface area contributed by atoms with Crippen LogP contribution in [-0.2, 0) is 0 Å². The van der Waals surface area contributed by atoms with E-state index in [4.69, 9.17) is 0 Å². The van der Waals surface area contributed by atoms with Crippen LogP contribution in [0, 0.1) is 5.92 Å². The van der Waals surface area contributed by atoms with Gasteiger partial charge in [-0.25, -0.2) is 0 Å². The minimum Gasteiger partial charge on any atom is -0.0847 e. The van der Waals surface area contributed by atoms with Crippen molar-refractivity contribution in [1.82, 2.24) is 0 Å². The maximum absolute atomic E-state index is 2.46. The van der Waals surface area contributed by atoms with Gasteiger partial charge in [-0.05, 0) is 44.4 Å². The van der Waals surface area contributed by atoms with Crippen LogP contribution < -0.4 is 0 Å². The molecule has 0 spiro atoms. The number of hydrogen-bond acceptors (Lipinski definition) is 0. The minimum atomic E-state index is 0.773. The molecular weight excluding hydrogens is 144 g/mol. The lowest BCUT2D eigenvalue weighted by atomic mass is 9.92. The molecule has 0 N–H and O–H groups in total. The summed E-state index contributed by atoms with van der Waals surface area (Å²) in [4.78, 5) is 0. The average molecular weight is 162 g/mol. The second kappa shape index (κ2) is 3.47. The largest absolute Gasteiger partial charge is 0.0847 e. The summed E-state index contributed by atoms with van der Waals surface area (Å²) < 4.78 is 0. The molecule has 0 aromatic carbocycles. The van der Waals surface area contributed by atoms with Gasteiger partial charge in [0.2, 0.25) is 0 Å². The van der Waals surface area contributed by atoms with E-state index in [0.717, 1.165) is 5.92 Å². The van der Waals surface area contributed by atoms with Crippen LogP contribution in [0.5, 0.6) is 0 Å². The summed E-state index contributed by atoms with van der Waals surface area (Å²) in [6.45, 7) is 2.38. The summed E-state index contributed by atoms with van der Waals surface area (Å²) >= 11 is 0. The monoisotopic (exact) mass is 162 g/mol. The average Bonchev–Trinajstić information content (AvgIpc) is 2.77. The van der Waals surface area contributed by atoms with E-state index in [1.165, 1.54) is 38.5 Å². The Morgan fingerprint density at radius 3 is 1.83 bits per heavy atom. The molecule has 0 aliphatic heterocycles. The summed E-state index contributed by atoms with van der Waals surface area (Å²) in [5, 5.41) is 0. The van der Waals surface area contributed by atoms with Crippen molar-refractivity contribution in [3.63, 3.8) is 0 Å². The molecule has 0 nitrogen and oxygen atoms in total.